The molecule has 0 bridgehead atoms. The van der Waals surface area contributed by atoms with Crippen molar-refractivity contribution in [1.82, 2.24) is 0 Å². The highest BCUT2D eigenvalue weighted by Crippen LogP contribution is 2.29. The number of rotatable bonds is 2. The Hall–Kier alpha value is -1.09. The van der Waals surface area contributed by atoms with Crippen LogP contribution in [0, 0.1) is 5.82 Å². The highest BCUT2D eigenvalue weighted by molar-refractivity contribution is 5.55. The minimum Gasteiger partial charge on any atom is -0.366 e. The van der Waals surface area contributed by atoms with E-state index in [1.807, 2.05) is 6.07 Å². The van der Waals surface area contributed by atoms with E-state index in [4.69, 9.17) is 5.73 Å². The molecule has 1 heterocycles. The third-order valence-electron chi connectivity index (χ3n) is 3.63. The maximum atomic E-state index is 14.0. The van der Waals surface area contributed by atoms with Crippen LogP contribution in [-0.2, 0) is 6.54 Å². The molecule has 2 nitrogen and oxygen atoms in total. The molecule has 0 saturated carbocycles. The Labute approximate surface area is 103 Å². The van der Waals surface area contributed by atoms with E-state index in [1.165, 1.54) is 18.9 Å². The van der Waals surface area contributed by atoms with Gasteiger partial charge in [0.05, 0.1) is 5.69 Å². The predicted molar refractivity (Wildman–Crippen MR) is 69.6 cm³/mol. The average Bonchev–Trinajstić information content (AvgIpc) is 2.54. The number of benzene rings is 1. The Morgan fingerprint density at radius 1 is 1.35 bits per heavy atom. The molecule has 1 aromatic carbocycles. The van der Waals surface area contributed by atoms with Gasteiger partial charge in [-0.1, -0.05) is 25.0 Å². The van der Waals surface area contributed by atoms with Gasteiger partial charge in [0.2, 0.25) is 0 Å². The Kier molecular flexibility index (Phi) is 4.00. The van der Waals surface area contributed by atoms with E-state index in [-0.39, 0.29) is 5.82 Å². The van der Waals surface area contributed by atoms with Crippen molar-refractivity contribution in [2.24, 2.45) is 5.73 Å². The van der Waals surface area contributed by atoms with Crippen LogP contribution in [0.3, 0.4) is 0 Å². The van der Waals surface area contributed by atoms with Crippen LogP contribution < -0.4 is 10.6 Å². The standard InChI is InChI=1S/C14H21FN2/c1-11-6-3-2-4-9-17(11)14-12(10-16)7-5-8-13(14)15/h5,7-8,11H,2-4,6,9-10,16H2,1H3. The van der Waals surface area contributed by atoms with E-state index >= 15 is 0 Å². The van der Waals surface area contributed by atoms with Crippen LogP contribution in [0.4, 0.5) is 10.1 Å². The summed E-state index contributed by atoms with van der Waals surface area (Å²) in [5.74, 6) is -0.137. The van der Waals surface area contributed by atoms with Crippen LogP contribution in [0.2, 0.25) is 0 Å². The second-order valence-corrected chi connectivity index (χ2v) is 4.84. The van der Waals surface area contributed by atoms with Crippen molar-refractivity contribution >= 4 is 5.69 Å². The largest absolute Gasteiger partial charge is 0.366 e. The maximum Gasteiger partial charge on any atom is 0.146 e. The van der Waals surface area contributed by atoms with Crippen molar-refractivity contribution in [2.45, 2.75) is 45.2 Å². The first-order valence-electron chi connectivity index (χ1n) is 6.48. The molecule has 94 valence electrons. The van der Waals surface area contributed by atoms with E-state index < -0.39 is 0 Å². The SMILES string of the molecule is CC1CCCCCN1c1c(F)cccc1CN. The summed E-state index contributed by atoms with van der Waals surface area (Å²) >= 11 is 0. The monoisotopic (exact) mass is 236 g/mol. The van der Waals surface area contributed by atoms with Gasteiger partial charge in [0, 0.05) is 19.1 Å². The zero-order valence-corrected chi connectivity index (χ0v) is 10.5. The molecule has 0 amide bonds. The van der Waals surface area contributed by atoms with Gasteiger partial charge < -0.3 is 10.6 Å². The number of nitrogens with zero attached hydrogens (tertiary/aromatic N) is 1. The summed E-state index contributed by atoms with van der Waals surface area (Å²) < 4.78 is 14.0. The van der Waals surface area contributed by atoms with E-state index in [2.05, 4.69) is 11.8 Å². The van der Waals surface area contributed by atoms with Crippen LogP contribution in [0.25, 0.3) is 0 Å². The molecule has 0 spiro atoms. The van der Waals surface area contributed by atoms with Gasteiger partial charge in [0.15, 0.2) is 0 Å². The minimum atomic E-state index is -0.137. The van der Waals surface area contributed by atoms with Crippen molar-refractivity contribution in [3.05, 3.63) is 29.6 Å². The van der Waals surface area contributed by atoms with E-state index in [0.717, 1.165) is 30.6 Å². The van der Waals surface area contributed by atoms with E-state index in [1.54, 1.807) is 6.07 Å². The zero-order valence-electron chi connectivity index (χ0n) is 10.5. The molecule has 0 radical (unpaired) electrons. The Balaban J connectivity index is 2.36. The first kappa shape index (κ1) is 12.4. The minimum absolute atomic E-state index is 0.137. The number of hydrogen-bond acceptors (Lipinski definition) is 2. The van der Waals surface area contributed by atoms with Crippen LogP contribution in [-0.4, -0.2) is 12.6 Å². The molecule has 1 aliphatic rings. The third kappa shape index (κ3) is 2.60. The third-order valence-corrected chi connectivity index (χ3v) is 3.63. The molecule has 1 saturated heterocycles. The second kappa shape index (κ2) is 5.50. The molecule has 0 aliphatic carbocycles. The molecule has 0 aromatic heterocycles. The molecular formula is C14H21FN2. The number of halogens is 1. The van der Waals surface area contributed by atoms with Crippen molar-refractivity contribution in [2.75, 3.05) is 11.4 Å². The molecule has 2 rings (SSSR count). The molecule has 1 fully saturated rings. The summed E-state index contributed by atoms with van der Waals surface area (Å²) in [5, 5.41) is 0. The fourth-order valence-electron chi connectivity index (χ4n) is 2.65. The quantitative estimate of drug-likeness (QED) is 0.855. The predicted octanol–water partition coefficient (Wildman–Crippen LogP) is 3.05. The summed E-state index contributed by atoms with van der Waals surface area (Å²) in [6.45, 7) is 3.52. The normalized spacial score (nSPS) is 21.4. The number of para-hydroxylation sites is 1. The van der Waals surface area contributed by atoms with Gasteiger partial charge in [0.25, 0.3) is 0 Å². The summed E-state index contributed by atoms with van der Waals surface area (Å²) in [6.07, 6.45) is 4.76. The number of anilines is 1. The highest BCUT2D eigenvalue weighted by Gasteiger charge is 2.21. The van der Waals surface area contributed by atoms with Gasteiger partial charge in [-0.15, -0.1) is 0 Å². The zero-order chi connectivity index (χ0) is 12.3. The Morgan fingerprint density at radius 2 is 2.18 bits per heavy atom. The fourth-order valence-corrected chi connectivity index (χ4v) is 2.65. The lowest BCUT2D eigenvalue weighted by atomic mass is 10.1. The van der Waals surface area contributed by atoms with Crippen LogP contribution in [0.15, 0.2) is 18.2 Å². The van der Waals surface area contributed by atoms with Crippen molar-refractivity contribution in [3.8, 4) is 0 Å². The summed E-state index contributed by atoms with van der Waals surface area (Å²) in [7, 11) is 0. The fraction of sp³-hybridized carbons (Fsp3) is 0.571. The van der Waals surface area contributed by atoms with Gasteiger partial charge in [-0.05, 0) is 31.4 Å². The number of hydrogen-bond donors (Lipinski definition) is 1. The first-order valence-corrected chi connectivity index (χ1v) is 6.48. The Morgan fingerprint density at radius 3 is 2.94 bits per heavy atom. The lowest BCUT2D eigenvalue weighted by Crippen LogP contribution is -2.34. The molecule has 1 unspecified atom stereocenters. The summed E-state index contributed by atoms with van der Waals surface area (Å²) in [5.41, 5.74) is 7.36. The Bertz CT molecular complexity index is 378. The molecule has 1 atom stereocenters. The van der Waals surface area contributed by atoms with Gasteiger partial charge >= 0.3 is 0 Å². The molecule has 1 aromatic rings. The van der Waals surface area contributed by atoms with Crippen LogP contribution in [0.5, 0.6) is 0 Å². The topological polar surface area (TPSA) is 29.3 Å². The van der Waals surface area contributed by atoms with E-state index in [0.29, 0.717) is 12.6 Å². The average molecular weight is 236 g/mol. The molecule has 17 heavy (non-hydrogen) atoms. The van der Waals surface area contributed by atoms with Crippen molar-refractivity contribution in [1.29, 1.82) is 0 Å². The van der Waals surface area contributed by atoms with Crippen LogP contribution >= 0.6 is 0 Å². The molecule has 1 aliphatic heterocycles. The summed E-state index contributed by atoms with van der Waals surface area (Å²) in [6, 6.07) is 5.60. The smallest absolute Gasteiger partial charge is 0.146 e. The second-order valence-electron chi connectivity index (χ2n) is 4.84. The van der Waals surface area contributed by atoms with Gasteiger partial charge in [-0.2, -0.15) is 0 Å². The lowest BCUT2D eigenvalue weighted by molar-refractivity contribution is 0.577. The molecule has 2 N–H and O–H groups in total. The maximum absolute atomic E-state index is 14.0. The lowest BCUT2D eigenvalue weighted by Gasteiger charge is -2.31. The highest BCUT2D eigenvalue weighted by atomic mass is 19.1. The van der Waals surface area contributed by atoms with Gasteiger partial charge in [0.1, 0.15) is 5.82 Å². The molecule has 3 heteroatoms. The van der Waals surface area contributed by atoms with Crippen LogP contribution in [0.1, 0.15) is 38.2 Å². The number of nitrogens with two attached hydrogens (primary N) is 1. The van der Waals surface area contributed by atoms with Crippen molar-refractivity contribution < 1.29 is 4.39 Å². The first-order chi connectivity index (χ1) is 8.24. The van der Waals surface area contributed by atoms with Crippen molar-refractivity contribution in [3.63, 3.8) is 0 Å². The van der Waals surface area contributed by atoms with Gasteiger partial charge in [-0.25, -0.2) is 4.39 Å². The van der Waals surface area contributed by atoms with Gasteiger partial charge in [-0.3, -0.25) is 0 Å². The van der Waals surface area contributed by atoms with E-state index in [9.17, 15) is 4.39 Å². The summed E-state index contributed by atoms with van der Waals surface area (Å²) in [4.78, 5) is 2.20. The molecular weight excluding hydrogens is 215 g/mol.